The van der Waals surface area contributed by atoms with Crippen molar-refractivity contribution in [3.8, 4) is 0 Å². The Morgan fingerprint density at radius 1 is 1.05 bits per heavy atom. The van der Waals surface area contributed by atoms with Crippen molar-refractivity contribution >= 4 is 30.9 Å². The summed E-state index contributed by atoms with van der Waals surface area (Å²) >= 11 is 0. The number of aromatic nitrogens is 7. The van der Waals surface area contributed by atoms with Gasteiger partial charge in [0.1, 0.15) is 37.1 Å². The number of phosphoric ester groups is 1. The standard InChI is InChI=1S/C20H28N9O10P/c1-34-5-11-10(4-14(37-11)29-8-24-18(21)27-20(29)31)39-40(32,33)36-6-12-9(35-2)3-13(38-12)28-7-23-15-16(28)25-19(22)26-17(15)30/h7-14H,3-6H2,1-2H3,(H,32,33)(H2,21,27,31)(H3,22,25,26,30)/t9-,10-,11+,12+,13+,14+/m0/s1. The van der Waals surface area contributed by atoms with E-state index in [2.05, 4.69) is 24.9 Å². The Morgan fingerprint density at radius 2 is 1.73 bits per heavy atom. The largest absolute Gasteiger partial charge is 0.472 e. The quantitative estimate of drug-likeness (QED) is 0.201. The van der Waals surface area contributed by atoms with Crippen molar-refractivity contribution in [2.75, 3.05) is 38.9 Å². The molecule has 2 fully saturated rings. The number of ether oxygens (including phenoxy) is 4. The van der Waals surface area contributed by atoms with E-state index in [1.807, 2.05) is 0 Å². The summed E-state index contributed by atoms with van der Waals surface area (Å²) in [5.41, 5.74) is 10.2. The van der Waals surface area contributed by atoms with Crippen LogP contribution >= 0.6 is 7.82 Å². The molecule has 1 unspecified atom stereocenters. The van der Waals surface area contributed by atoms with Gasteiger partial charge in [0, 0.05) is 27.1 Å². The van der Waals surface area contributed by atoms with E-state index in [0.717, 1.165) is 4.57 Å². The van der Waals surface area contributed by atoms with Crippen molar-refractivity contribution in [3.63, 3.8) is 0 Å². The van der Waals surface area contributed by atoms with E-state index in [9.17, 15) is 19.0 Å². The SMILES string of the molecule is COC[C@H]1O[C@@H](n2cnc(N)nc2=O)C[C@@H]1OP(=O)(O)OC[C@H]1O[C@@H](n2cnc3c(=O)[nH]c(N)nc32)C[C@@H]1OC. The van der Waals surface area contributed by atoms with Gasteiger partial charge in [-0.05, 0) is 0 Å². The van der Waals surface area contributed by atoms with Gasteiger partial charge in [-0.15, -0.1) is 0 Å². The second kappa shape index (κ2) is 11.3. The second-order valence-electron chi connectivity index (χ2n) is 9.05. The fourth-order valence-corrected chi connectivity index (χ4v) is 5.60. The minimum absolute atomic E-state index is 0.000780. The maximum atomic E-state index is 12.9. The molecule has 3 aromatic rings. The van der Waals surface area contributed by atoms with Gasteiger partial charge in [0.05, 0.1) is 25.6 Å². The molecule has 0 spiro atoms. The number of rotatable bonds is 10. The number of nitrogens with one attached hydrogen (secondary N) is 1. The summed E-state index contributed by atoms with van der Waals surface area (Å²) in [6.45, 7) is -0.367. The molecule has 0 saturated carbocycles. The lowest BCUT2D eigenvalue weighted by Gasteiger charge is -2.23. The molecular formula is C20H28N9O10P. The number of hydrogen-bond acceptors (Lipinski definition) is 15. The molecule has 19 nitrogen and oxygen atoms in total. The molecule has 5 heterocycles. The number of imidazole rings is 1. The zero-order valence-corrected chi connectivity index (χ0v) is 22.2. The number of aromatic amines is 1. The highest BCUT2D eigenvalue weighted by Crippen LogP contribution is 2.49. The fraction of sp³-hybridized carbons (Fsp3) is 0.600. The molecule has 40 heavy (non-hydrogen) atoms. The van der Waals surface area contributed by atoms with Crippen molar-refractivity contribution in [3.05, 3.63) is 33.5 Å². The number of nitrogens with zero attached hydrogens (tertiary/aromatic N) is 6. The number of hydrogen-bond donors (Lipinski definition) is 4. The minimum Gasteiger partial charge on any atom is -0.382 e. The number of nitrogens with two attached hydrogens (primary N) is 2. The molecule has 0 amide bonds. The Bertz CT molecular complexity index is 1530. The predicted molar refractivity (Wildman–Crippen MR) is 134 cm³/mol. The summed E-state index contributed by atoms with van der Waals surface area (Å²) in [5, 5.41) is 0. The van der Waals surface area contributed by atoms with Crippen LogP contribution < -0.4 is 22.7 Å². The molecule has 7 atom stereocenters. The zero-order chi connectivity index (χ0) is 28.6. The van der Waals surface area contributed by atoms with E-state index in [4.69, 9.17) is 39.5 Å². The highest BCUT2D eigenvalue weighted by atomic mass is 31.2. The Labute approximate surface area is 225 Å². The van der Waals surface area contributed by atoms with Gasteiger partial charge in [-0.25, -0.2) is 19.3 Å². The number of anilines is 2. The molecule has 2 saturated heterocycles. The number of fused-ring (bicyclic) bond motifs is 1. The van der Waals surface area contributed by atoms with Gasteiger partial charge in [-0.1, -0.05) is 0 Å². The third kappa shape index (κ3) is 5.77. The van der Waals surface area contributed by atoms with E-state index < -0.39 is 55.9 Å². The van der Waals surface area contributed by atoms with E-state index in [1.165, 1.54) is 31.4 Å². The lowest BCUT2D eigenvalue weighted by Crippen LogP contribution is -2.30. The first-order chi connectivity index (χ1) is 19.1. The summed E-state index contributed by atoms with van der Waals surface area (Å²) in [4.78, 5) is 52.7. The van der Waals surface area contributed by atoms with Crippen molar-refractivity contribution in [1.82, 2.24) is 34.1 Å². The highest BCUT2D eigenvalue weighted by molar-refractivity contribution is 7.47. The normalized spacial score (nSPS) is 28.3. The van der Waals surface area contributed by atoms with Crippen LogP contribution in [-0.2, 0) is 32.6 Å². The smallest absolute Gasteiger partial charge is 0.382 e. The minimum atomic E-state index is -4.67. The van der Waals surface area contributed by atoms with Gasteiger partial charge in [-0.2, -0.15) is 9.97 Å². The van der Waals surface area contributed by atoms with Crippen LogP contribution in [0, 0.1) is 0 Å². The van der Waals surface area contributed by atoms with Crippen LogP contribution in [0.1, 0.15) is 25.3 Å². The molecule has 3 aromatic heterocycles. The van der Waals surface area contributed by atoms with Gasteiger partial charge in [-0.3, -0.25) is 28.0 Å². The van der Waals surface area contributed by atoms with Crippen LogP contribution in [-0.4, -0.2) is 90.8 Å². The van der Waals surface area contributed by atoms with Crippen LogP contribution in [0.25, 0.3) is 11.2 Å². The van der Waals surface area contributed by atoms with Crippen molar-refractivity contribution in [2.45, 2.75) is 49.7 Å². The first-order valence-corrected chi connectivity index (χ1v) is 13.5. The average molecular weight is 585 g/mol. The van der Waals surface area contributed by atoms with Crippen molar-refractivity contribution < 1.29 is 37.5 Å². The second-order valence-corrected chi connectivity index (χ2v) is 10.5. The first kappa shape index (κ1) is 28.2. The number of methoxy groups -OCH3 is 2. The molecule has 0 radical (unpaired) electrons. The van der Waals surface area contributed by atoms with Crippen molar-refractivity contribution in [1.29, 1.82) is 0 Å². The molecule has 20 heteroatoms. The lowest BCUT2D eigenvalue weighted by atomic mass is 10.2. The summed E-state index contributed by atoms with van der Waals surface area (Å²) in [6, 6.07) is 0. The van der Waals surface area contributed by atoms with Crippen LogP contribution in [0.3, 0.4) is 0 Å². The Hall–Kier alpha value is -3.29. The molecule has 6 N–H and O–H groups in total. The molecule has 0 bridgehead atoms. The van der Waals surface area contributed by atoms with Gasteiger partial charge in [0.15, 0.2) is 11.2 Å². The zero-order valence-electron chi connectivity index (χ0n) is 21.4. The topological polar surface area (TPSA) is 256 Å². The molecule has 5 rings (SSSR count). The molecule has 0 aromatic carbocycles. The molecule has 2 aliphatic heterocycles. The van der Waals surface area contributed by atoms with E-state index >= 15 is 0 Å². The number of nitrogen functional groups attached to an aromatic ring is 2. The Morgan fingerprint density at radius 3 is 2.42 bits per heavy atom. The van der Waals surface area contributed by atoms with Gasteiger partial charge in [0.25, 0.3) is 5.56 Å². The van der Waals surface area contributed by atoms with Crippen molar-refractivity contribution in [2.24, 2.45) is 0 Å². The fourth-order valence-electron chi connectivity index (χ4n) is 4.64. The summed E-state index contributed by atoms with van der Waals surface area (Å²) in [7, 11) is -1.79. The Kier molecular flexibility index (Phi) is 7.98. The summed E-state index contributed by atoms with van der Waals surface area (Å²) < 4.78 is 48.6. The molecule has 2 aliphatic rings. The summed E-state index contributed by atoms with van der Waals surface area (Å²) in [5.74, 6) is -0.285. The first-order valence-electron chi connectivity index (χ1n) is 12.0. The average Bonchev–Trinajstić information content (AvgIpc) is 3.60. The maximum absolute atomic E-state index is 12.9. The third-order valence-electron chi connectivity index (χ3n) is 6.48. The van der Waals surface area contributed by atoms with Crippen LogP contribution in [0.2, 0.25) is 0 Å². The number of H-pyrrole nitrogens is 1. The van der Waals surface area contributed by atoms with Crippen LogP contribution in [0.15, 0.2) is 22.2 Å². The maximum Gasteiger partial charge on any atom is 0.472 e. The Balaban J connectivity index is 1.25. The van der Waals surface area contributed by atoms with E-state index in [0.29, 0.717) is 6.42 Å². The molecule has 218 valence electrons. The van der Waals surface area contributed by atoms with Gasteiger partial charge in [0.2, 0.25) is 11.9 Å². The highest BCUT2D eigenvalue weighted by Gasteiger charge is 2.44. The third-order valence-corrected chi connectivity index (χ3v) is 7.49. The van der Waals surface area contributed by atoms with Gasteiger partial charge >= 0.3 is 13.5 Å². The summed E-state index contributed by atoms with van der Waals surface area (Å²) in [6.07, 6.45) is -1.83. The van der Waals surface area contributed by atoms with Crippen LogP contribution in [0.4, 0.5) is 11.9 Å². The molecular weight excluding hydrogens is 557 g/mol. The van der Waals surface area contributed by atoms with E-state index in [-0.39, 0.29) is 42.7 Å². The number of phosphoric acid groups is 1. The van der Waals surface area contributed by atoms with E-state index in [1.54, 1.807) is 0 Å². The predicted octanol–water partition coefficient (Wildman–Crippen LogP) is -1.33. The molecule has 0 aliphatic carbocycles. The lowest BCUT2D eigenvalue weighted by molar-refractivity contribution is -0.0642. The monoisotopic (exact) mass is 585 g/mol. The van der Waals surface area contributed by atoms with Crippen LogP contribution in [0.5, 0.6) is 0 Å². The van der Waals surface area contributed by atoms with Gasteiger partial charge < -0.3 is 35.3 Å².